The number of halogens is 2. The van der Waals surface area contributed by atoms with E-state index in [-0.39, 0.29) is 5.91 Å². The predicted molar refractivity (Wildman–Crippen MR) is 70.9 cm³/mol. The number of benzene rings is 1. The van der Waals surface area contributed by atoms with Crippen molar-refractivity contribution in [1.29, 1.82) is 0 Å². The highest BCUT2D eigenvalue weighted by molar-refractivity contribution is 14.1. The van der Waals surface area contributed by atoms with Gasteiger partial charge in [0.2, 0.25) is 0 Å². The molecule has 1 aliphatic rings. The summed E-state index contributed by atoms with van der Waals surface area (Å²) in [7, 11) is 0. The molecule has 0 aromatic heterocycles. The van der Waals surface area contributed by atoms with Gasteiger partial charge in [0.25, 0.3) is 5.91 Å². The smallest absolute Gasteiger partial charge is 0.255 e. The number of nitrogens with zero attached hydrogens (tertiary/aromatic N) is 1. The third-order valence-corrected chi connectivity index (χ3v) is 3.63. The summed E-state index contributed by atoms with van der Waals surface area (Å²) in [5.74, 6) is 0.0372. The zero-order valence-corrected chi connectivity index (χ0v) is 11.5. The van der Waals surface area contributed by atoms with E-state index in [0.29, 0.717) is 36.9 Å². The summed E-state index contributed by atoms with van der Waals surface area (Å²) in [5.41, 5.74) is 0.676. The third kappa shape index (κ3) is 2.67. The summed E-state index contributed by atoms with van der Waals surface area (Å²) >= 11 is 8.05. The average Bonchev–Trinajstić information content (AvgIpc) is 2.32. The SMILES string of the molecule is O=C(c1cc(Cl)ccc1I)N1CCOCC1. The third-order valence-electron chi connectivity index (χ3n) is 2.46. The molecule has 1 fully saturated rings. The first-order chi connectivity index (χ1) is 7.68. The molecule has 0 N–H and O–H groups in total. The molecule has 0 unspecified atom stereocenters. The molecule has 16 heavy (non-hydrogen) atoms. The van der Waals surface area contributed by atoms with Crippen LogP contribution in [0.25, 0.3) is 0 Å². The van der Waals surface area contributed by atoms with Crippen LogP contribution in [0.1, 0.15) is 10.4 Å². The fourth-order valence-corrected chi connectivity index (χ4v) is 2.34. The van der Waals surface area contributed by atoms with Crippen LogP contribution in [-0.4, -0.2) is 37.1 Å². The largest absolute Gasteiger partial charge is 0.378 e. The minimum Gasteiger partial charge on any atom is -0.378 e. The van der Waals surface area contributed by atoms with Gasteiger partial charge in [-0.15, -0.1) is 0 Å². The van der Waals surface area contributed by atoms with Crippen LogP contribution in [0.5, 0.6) is 0 Å². The summed E-state index contributed by atoms with van der Waals surface area (Å²) in [5, 5.41) is 0.594. The van der Waals surface area contributed by atoms with Crippen molar-refractivity contribution in [3.05, 3.63) is 32.4 Å². The number of amides is 1. The fourth-order valence-electron chi connectivity index (χ4n) is 1.60. The molecule has 3 nitrogen and oxygen atoms in total. The van der Waals surface area contributed by atoms with Crippen molar-refractivity contribution in [3.63, 3.8) is 0 Å². The average molecular weight is 352 g/mol. The Morgan fingerprint density at radius 1 is 1.38 bits per heavy atom. The van der Waals surface area contributed by atoms with E-state index in [2.05, 4.69) is 22.6 Å². The molecule has 0 bridgehead atoms. The van der Waals surface area contributed by atoms with Crippen molar-refractivity contribution < 1.29 is 9.53 Å². The highest BCUT2D eigenvalue weighted by Crippen LogP contribution is 2.20. The summed E-state index contributed by atoms with van der Waals surface area (Å²) in [6.07, 6.45) is 0. The van der Waals surface area contributed by atoms with Crippen LogP contribution in [0.3, 0.4) is 0 Å². The van der Waals surface area contributed by atoms with Gasteiger partial charge in [0.15, 0.2) is 0 Å². The molecule has 86 valence electrons. The Hall–Kier alpha value is -0.330. The highest BCUT2D eigenvalue weighted by Gasteiger charge is 2.20. The van der Waals surface area contributed by atoms with Crippen molar-refractivity contribution >= 4 is 40.1 Å². The number of morpholine rings is 1. The molecular weight excluding hydrogens is 340 g/mol. The van der Waals surface area contributed by atoms with Gasteiger partial charge in [0, 0.05) is 21.7 Å². The van der Waals surface area contributed by atoms with Crippen molar-refractivity contribution in [2.45, 2.75) is 0 Å². The van der Waals surface area contributed by atoms with Crippen LogP contribution < -0.4 is 0 Å². The topological polar surface area (TPSA) is 29.5 Å². The van der Waals surface area contributed by atoms with Crippen molar-refractivity contribution in [2.75, 3.05) is 26.3 Å². The Morgan fingerprint density at radius 2 is 2.06 bits per heavy atom. The lowest BCUT2D eigenvalue weighted by molar-refractivity contribution is 0.0302. The highest BCUT2D eigenvalue weighted by atomic mass is 127. The van der Waals surface area contributed by atoms with Crippen LogP contribution in [0.4, 0.5) is 0 Å². The maximum atomic E-state index is 12.2. The quantitative estimate of drug-likeness (QED) is 0.727. The summed E-state index contributed by atoms with van der Waals surface area (Å²) in [6, 6.07) is 5.37. The molecular formula is C11H11ClINO2. The van der Waals surface area contributed by atoms with E-state index in [1.165, 1.54) is 0 Å². The Balaban J connectivity index is 2.22. The number of hydrogen-bond donors (Lipinski definition) is 0. The summed E-state index contributed by atoms with van der Waals surface area (Å²) in [6.45, 7) is 2.54. The van der Waals surface area contributed by atoms with E-state index < -0.39 is 0 Å². The van der Waals surface area contributed by atoms with Gasteiger partial charge in [0.1, 0.15) is 0 Å². The summed E-state index contributed by atoms with van der Waals surface area (Å²) < 4.78 is 6.15. The van der Waals surface area contributed by atoms with Crippen LogP contribution in [0.2, 0.25) is 5.02 Å². The molecule has 2 rings (SSSR count). The number of carbonyl (C=O) groups excluding carboxylic acids is 1. The van der Waals surface area contributed by atoms with E-state index in [4.69, 9.17) is 16.3 Å². The first-order valence-electron chi connectivity index (χ1n) is 5.00. The van der Waals surface area contributed by atoms with Gasteiger partial charge in [-0.3, -0.25) is 4.79 Å². The van der Waals surface area contributed by atoms with Gasteiger partial charge in [-0.25, -0.2) is 0 Å². The second-order valence-corrected chi connectivity index (χ2v) is 5.13. The molecule has 1 saturated heterocycles. The van der Waals surface area contributed by atoms with Gasteiger partial charge in [-0.05, 0) is 40.8 Å². The van der Waals surface area contributed by atoms with Gasteiger partial charge in [-0.1, -0.05) is 11.6 Å². The van der Waals surface area contributed by atoms with Crippen LogP contribution in [-0.2, 0) is 4.74 Å². The maximum Gasteiger partial charge on any atom is 0.255 e. The Bertz CT molecular complexity index is 405. The fraction of sp³-hybridized carbons (Fsp3) is 0.364. The van der Waals surface area contributed by atoms with E-state index in [9.17, 15) is 4.79 Å². The van der Waals surface area contributed by atoms with Crippen molar-refractivity contribution in [1.82, 2.24) is 4.90 Å². The minimum atomic E-state index is 0.0372. The molecule has 0 spiro atoms. The normalized spacial score (nSPS) is 16.2. The van der Waals surface area contributed by atoms with Gasteiger partial charge >= 0.3 is 0 Å². The molecule has 1 heterocycles. The number of hydrogen-bond acceptors (Lipinski definition) is 2. The van der Waals surface area contributed by atoms with Crippen molar-refractivity contribution in [2.24, 2.45) is 0 Å². The molecule has 0 radical (unpaired) electrons. The molecule has 1 aromatic carbocycles. The van der Waals surface area contributed by atoms with Crippen LogP contribution in [0, 0.1) is 3.57 Å². The molecule has 0 atom stereocenters. The lowest BCUT2D eigenvalue weighted by Crippen LogP contribution is -2.40. The monoisotopic (exact) mass is 351 g/mol. The number of carbonyl (C=O) groups is 1. The van der Waals surface area contributed by atoms with E-state index in [1.807, 2.05) is 6.07 Å². The number of rotatable bonds is 1. The Kier molecular flexibility index (Phi) is 4.05. The second kappa shape index (κ2) is 5.33. The van der Waals surface area contributed by atoms with Crippen LogP contribution in [0.15, 0.2) is 18.2 Å². The molecule has 0 saturated carbocycles. The van der Waals surface area contributed by atoms with Crippen LogP contribution >= 0.6 is 34.2 Å². The molecule has 5 heteroatoms. The predicted octanol–water partition coefficient (Wildman–Crippen LogP) is 2.42. The lowest BCUT2D eigenvalue weighted by atomic mass is 10.2. The van der Waals surface area contributed by atoms with Gasteiger partial charge < -0.3 is 9.64 Å². The number of ether oxygens (including phenoxy) is 1. The van der Waals surface area contributed by atoms with Gasteiger partial charge in [0.05, 0.1) is 18.8 Å². The van der Waals surface area contributed by atoms with Gasteiger partial charge in [-0.2, -0.15) is 0 Å². The van der Waals surface area contributed by atoms with E-state index >= 15 is 0 Å². The first-order valence-corrected chi connectivity index (χ1v) is 6.46. The molecule has 0 aliphatic carbocycles. The lowest BCUT2D eigenvalue weighted by Gasteiger charge is -2.27. The first kappa shape index (κ1) is 12.1. The Morgan fingerprint density at radius 3 is 2.75 bits per heavy atom. The molecule has 1 aromatic rings. The molecule has 1 aliphatic heterocycles. The van der Waals surface area contributed by atoms with Crippen molar-refractivity contribution in [3.8, 4) is 0 Å². The summed E-state index contributed by atoms with van der Waals surface area (Å²) in [4.78, 5) is 14.0. The standard InChI is InChI=1S/C11H11ClINO2/c12-8-1-2-10(13)9(7-8)11(15)14-3-5-16-6-4-14/h1-2,7H,3-6H2. The van der Waals surface area contributed by atoms with E-state index in [0.717, 1.165) is 3.57 Å². The van der Waals surface area contributed by atoms with E-state index in [1.54, 1.807) is 17.0 Å². The zero-order valence-electron chi connectivity index (χ0n) is 8.58. The maximum absolute atomic E-state index is 12.2. The second-order valence-electron chi connectivity index (χ2n) is 3.53. The molecule has 1 amide bonds. The minimum absolute atomic E-state index is 0.0372. The zero-order chi connectivity index (χ0) is 11.5. The Labute approximate surface area is 113 Å².